The summed E-state index contributed by atoms with van der Waals surface area (Å²) in [7, 11) is 0. The van der Waals surface area contributed by atoms with Gasteiger partial charge in [0.15, 0.2) is 0 Å². The van der Waals surface area contributed by atoms with Crippen LogP contribution in [0.1, 0.15) is 129 Å². The van der Waals surface area contributed by atoms with Crippen molar-refractivity contribution < 1.29 is 0 Å². The predicted molar refractivity (Wildman–Crippen MR) is 314 cm³/mol. The van der Waals surface area contributed by atoms with Crippen LogP contribution in [-0.2, 0) is 27.1 Å². The first kappa shape index (κ1) is 48.1. The lowest BCUT2D eigenvalue weighted by Crippen LogP contribution is -2.18. The zero-order valence-electron chi connectivity index (χ0n) is 45.4. The van der Waals surface area contributed by atoms with Crippen LogP contribution in [0, 0.1) is 0 Å². The van der Waals surface area contributed by atoms with Crippen molar-refractivity contribution in [3.8, 4) is 66.8 Å². The van der Waals surface area contributed by atoms with Crippen molar-refractivity contribution in [2.45, 2.75) is 117 Å². The Balaban J connectivity index is 1.14. The minimum Gasteiger partial charge on any atom is -0.310 e. The summed E-state index contributed by atoms with van der Waals surface area (Å²) < 4.78 is 0. The first-order valence-corrected chi connectivity index (χ1v) is 26.5. The topological polar surface area (TPSA) is 3.24 Å². The first-order chi connectivity index (χ1) is 34.6. The molecule has 0 fully saturated rings. The number of fused-ring (bicyclic) bond motifs is 6. The van der Waals surface area contributed by atoms with Crippen LogP contribution in [-0.4, -0.2) is 0 Å². The van der Waals surface area contributed by atoms with E-state index in [1.807, 2.05) is 0 Å². The molecule has 0 spiro atoms. The van der Waals surface area contributed by atoms with E-state index in [0.717, 1.165) is 17.1 Å². The Morgan fingerprint density at radius 1 is 0.274 bits per heavy atom. The van der Waals surface area contributed by atoms with Gasteiger partial charge in [-0.3, -0.25) is 0 Å². The third-order valence-electron chi connectivity index (χ3n) is 16.3. The van der Waals surface area contributed by atoms with E-state index in [-0.39, 0.29) is 27.1 Å². The molecule has 0 amide bonds. The van der Waals surface area contributed by atoms with Gasteiger partial charge in [0.1, 0.15) is 0 Å². The fourth-order valence-electron chi connectivity index (χ4n) is 12.1. The van der Waals surface area contributed by atoms with Crippen molar-refractivity contribution >= 4 is 17.1 Å². The molecule has 0 saturated heterocycles. The number of nitrogens with zero attached hydrogens (tertiary/aromatic N) is 1. The van der Waals surface area contributed by atoms with Crippen LogP contribution in [0.5, 0.6) is 0 Å². The monoisotopic (exact) mass is 950 g/mol. The number of hydrogen-bond acceptors (Lipinski definition) is 1. The third kappa shape index (κ3) is 8.36. The van der Waals surface area contributed by atoms with Crippen LogP contribution in [0.15, 0.2) is 194 Å². The number of anilines is 3. The summed E-state index contributed by atoms with van der Waals surface area (Å²) >= 11 is 0. The van der Waals surface area contributed by atoms with E-state index in [1.54, 1.807) is 0 Å². The molecule has 9 aromatic carbocycles. The Morgan fingerprint density at radius 3 is 0.932 bits per heavy atom. The molecule has 0 N–H and O–H groups in total. The Kier molecular flexibility index (Phi) is 11.3. The normalized spacial score (nSPS) is 14.3. The Hall–Kier alpha value is -7.22. The second kappa shape index (κ2) is 17.2. The highest BCUT2D eigenvalue weighted by atomic mass is 15.1. The smallest absolute Gasteiger partial charge is 0.0474 e. The Labute approximate surface area is 436 Å². The highest BCUT2D eigenvalue weighted by molar-refractivity contribution is 5.93. The molecule has 0 unspecified atom stereocenters. The molecule has 11 rings (SSSR count). The molecular formula is C72H71N. The van der Waals surface area contributed by atoms with Gasteiger partial charge in [0.2, 0.25) is 0 Å². The largest absolute Gasteiger partial charge is 0.310 e. The molecule has 0 radical (unpaired) electrons. The van der Waals surface area contributed by atoms with E-state index >= 15 is 0 Å². The molecule has 1 nitrogen and oxygen atoms in total. The van der Waals surface area contributed by atoms with Gasteiger partial charge < -0.3 is 4.90 Å². The molecule has 0 heterocycles. The lowest BCUT2D eigenvalue weighted by molar-refractivity contribution is 0.590. The Morgan fingerprint density at radius 2 is 0.589 bits per heavy atom. The van der Waals surface area contributed by atoms with E-state index < -0.39 is 0 Å². The van der Waals surface area contributed by atoms with Crippen LogP contribution in [0.2, 0.25) is 0 Å². The molecule has 364 valence electrons. The van der Waals surface area contributed by atoms with Gasteiger partial charge in [-0.15, -0.1) is 0 Å². The van der Waals surface area contributed by atoms with E-state index in [9.17, 15) is 0 Å². The van der Waals surface area contributed by atoms with Crippen LogP contribution < -0.4 is 4.90 Å². The van der Waals surface area contributed by atoms with Crippen molar-refractivity contribution in [1.82, 2.24) is 0 Å². The van der Waals surface area contributed by atoms with Gasteiger partial charge >= 0.3 is 0 Å². The highest BCUT2D eigenvalue weighted by Crippen LogP contribution is 2.54. The van der Waals surface area contributed by atoms with Crippen LogP contribution in [0.4, 0.5) is 17.1 Å². The highest BCUT2D eigenvalue weighted by Gasteiger charge is 2.38. The van der Waals surface area contributed by atoms with Gasteiger partial charge in [-0.25, -0.2) is 0 Å². The van der Waals surface area contributed by atoms with Gasteiger partial charge in [0.05, 0.1) is 0 Å². The summed E-state index contributed by atoms with van der Waals surface area (Å²) in [5, 5.41) is 0. The molecular weight excluding hydrogens is 879 g/mol. The predicted octanol–water partition coefficient (Wildman–Crippen LogP) is 20.3. The maximum absolute atomic E-state index is 2.51. The minimum atomic E-state index is -0.211. The van der Waals surface area contributed by atoms with Gasteiger partial charge in [0.25, 0.3) is 0 Å². The molecule has 0 aliphatic heterocycles. The summed E-state index contributed by atoms with van der Waals surface area (Å²) in [6, 6.07) is 74.2. The quantitative estimate of drug-likeness (QED) is 0.154. The summed E-state index contributed by atoms with van der Waals surface area (Å²) in [6.45, 7) is 30.4. The summed E-state index contributed by atoms with van der Waals surface area (Å²) in [4.78, 5) is 2.48. The summed E-state index contributed by atoms with van der Waals surface area (Å²) in [5.74, 6) is 0. The molecule has 9 aromatic rings. The fourth-order valence-corrected chi connectivity index (χ4v) is 12.1. The van der Waals surface area contributed by atoms with Crippen molar-refractivity contribution in [3.05, 3.63) is 233 Å². The number of benzene rings is 9. The van der Waals surface area contributed by atoms with Crippen LogP contribution in [0.3, 0.4) is 0 Å². The van der Waals surface area contributed by atoms with Crippen molar-refractivity contribution in [2.75, 3.05) is 4.90 Å². The fraction of sp³-hybridized carbons (Fsp3) is 0.250. The molecule has 0 saturated carbocycles. The number of rotatable bonds is 7. The average Bonchev–Trinajstić information content (AvgIpc) is 3.74. The molecule has 0 atom stereocenters. The second-order valence-corrected chi connectivity index (χ2v) is 25.1. The minimum absolute atomic E-state index is 0.0938. The molecule has 73 heavy (non-hydrogen) atoms. The molecule has 0 bridgehead atoms. The van der Waals surface area contributed by atoms with E-state index in [2.05, 4.69) is 289 Å². The van der Waals surface area contributed by atoms with E-state index in [0.29, 0.717) is 0 Å². The average molecular weight is 950 g/mol. The molecule has 2 aliphatic rings. The van der Waals surface area contributed by atoms with Crippen molar-refractivity contribution in [2.24, 2.45) is 0 Å². The zero-order valence-corrected chi connectivity index (χ0v) is 45.4. The first-order valence-electron chi connectivity index (χ1n) is 26.5. The zero-order chi connectivity index (χ0) is 51.4. The van der Waals surface area contributed by atoms with E-state index in [4.69, 9.17) is 0 Å². The van der Waals surface area contributed by atoms with Crippen LogP contribution >= 0.6 is 0 Å². The SMILES string of the molecule is CC(C)(C)c1ccc(-c2ccc(N(c3ccc(-c4ccc(C(C)(C)C)cc4)cc3)c3cc(-c4ccc5c(c4)C(C)(C)c4ccccc4-5)c(C(C)(C)C)c(-c4ccc5c(c4)C(C)(C)c4ccccc4-5)c3)cc2)cc1. The van der Waals surface area contributed by atoms with E-state index in [1.165, 1.54) is 106 Å². The van der Waals surface area contributed by atoms with Gasteiger partial charge in [-0.05, 0) is 170 Å². The summed E-state index contributed by atoms with van der Waals surface area (Å²) in [6.07, 6.45) is 0. The maximum atomic E-state index is 2.51. The second-order valence-electron chi connectivity index (χ2n) is 25.1. The van der Waals surface area contributed by atoms with Crippen molar-refractivity contribution in [3.63, 3.8) is 0 Å². The lowest BCUT2D eigenvalue weighted by Gasteiger charge is -2.32. The molecule has 2 aliphatic carbocycles. The third-order valence-corrected chi connectivity index (χ3v) is 16.3. The molecule has 1 heteroatoms. The summed E-state index contributed by atoms with van der Waals surface area (Å²) in [5.41, 5.74) is 27.8. The lowest BCUT2D eigenvalue weighted by atomic mass is 9.75. The van der Waals surface area contributed by atoms with Crippen LogP contribution in [0.25, 0.3) is 66.8 Å². The standard InChI is InChI=1S/C72H71N/c1-68(2,3)52-32-22-46(23-33-52)48-26-36-54(37-27-48)73(55-38-28-49(29-39-55)47-24-34-53(35-25-47)69(4,5)6)56-44-61(50-30-40-59-57-18-14-16-20-63(57)71(10,11)65(59)42-50)67(70(7,8)9)62(45-56)51-31-41-60-58-19-15-17-21-64(58)72(12,13)66(60)43-51/h14-45H,1-13H3. The van der Waals surface area contributed by atoms with Gasteiger partial charge in [-0.2, -0.15) is 0 Å². The van der Waals surface area contributed by atoms with Gasteiger partial charge in [-0.1, -0.05) is 236 Å². The number of hydrogen-bond donors (Lipinski definition) is 0. The molecule has 0 aromatic heterocycles. The van der Waals surface area contributed by atoms with Gasteiger partial charge in [0, 0.05) is 27.9 Å². The Bertz CT molecular complexity index is 3330. The maximum Gasteiger partial charge on any atom is 0.0474 e. The van der Waals surface area contributed by atoms with Crippen molar-refractivity contribution in [1.29, 1.82) is 0 Å².